The molecular formula is C11H13NO2. The molecule has 2 rings (SSSR count). The van der Waals surface area contributed by atoms with E-state index >= 15 is 0 Å². The van der Waals surface area contributed by atoms with Crippen molar-refractivity contribution in [3.63, 3.8) is 0 Å². The van der Waals surface area contributed by atoms with Crippen LogP contribution in [-0.2, 0) is 9.53 Å². The molecule has 1 aromatic heterocycles. The van der Waals surface area contributed by atoms with Gasteiger partial charge < -0.3 is 4.74 Å². The number of aromatic nitrogens is 1. The molecule has 3 heteroatoms. The van der Waals surface area contributed by atoms with Crippen LogP contribution in [-0.4, -0.2) is 17.4 Å². The maximum absolute atomic E-state index is 11.2. The van der Waals surface area contributed by atoms with Crippen molar-refractivity contribution in [3.05, 3.63) is 29.6 Å². The second kappa shape index (κ2) is 3.88. The molecule has 2 heterocycles. The number of carbonyl (C=O) groups is 1. The number of rotatable bonds is 1. The number of Topliss-reactive ketones (excluding diaryl/α,β-unsaturated/α-hetero) is 1. The third-order valence-electron chi connectivity index (χ3n) is 2.42. The van der Waals surface area contributed by atoms with Gasteiger partial charge in [-0.3, -0.25) is 9.78 Å². The van der Waals surface area contributed by atoms with Crippen molar-refractivity contribution in [1.82, 2.24) is 4.98 Å². The van der Waals surface area contributed by atoms with Crippen LogP contribution in [0.4, 0.5) is 0 Å². The lowest BCUT2D eigenvalue weighted by Crippen LogP contribution is -2.19. The molecule has 1 aliphatic rings. The number of ether oxygens (including phenoxy) is 1. The van der Waals surface area contributed by atoms with Crippen LogP contribution in [0, 0.1) is 6.92 Å². The fourth-order valence-electron chi connectivity index (χ4n) is 1.57. The molecule has 0 radical (unpaired) electrons. The smallest absolute Gasteiger partial charge is 0.138 e. The van der Waals surface area contributed by atoms with E-state index in [2.05, 4.69) is 4.98 Å². The van der Waals surface area contributed by atoms with Crippen LogP contribution in [0.15, 0.2) is 18.3 Å². The highest BCUT2D eigenvalue weighted by Gasteiger charge is 2.21. The van der Waals surface area contributed by atoms with E-state index in [1.54, 1.807) is 6.20 Å². The molecule has 3 nitrogen and oxygen atoms in total. The molecule has 14 heavy (non-hydrogen) atoms. The lowest BCUT2D eigenvalue weighted by atomic mass is 10.0. The summed E-state index contributed by atoms with van der Waals surface area (Å²) in [5.41, 5.74) is 1.99. The minimum Gasteiger partial charge on any atom is -0.373 e. The largest absolute Gasteiger partial charge is 0.373 e. The Bertz CT molecular complexity index is 332. The Balaban J connectivity index is 2.14. The Kier molecular flexibility index (Phi) is 2.59. The fourth-order valence-corrected chi connectivity index (χ4v) is 1.57. The minimum atomic E-state index is -0.0793. The highest BCUT2D eigenvalue weighted by Crippen LogP contribution is 2.25. The van der Waals surface area contributed by atoms with E-state index in [0.29, 0.717) is 19.4 Å². The third kappa shape index (κ3) is 1.99. The van der Waals surface area contributed by atoms with Crippen LogP contribution < -0.4 is 0 Å². The maximum Gasteiger partial charge on any atom is 0.138 e. The van der Waals surface area contributed by atoms with Gasteiger partial charge in [0.1, 0.15) is 5.78 Å². The van der Waals surface area contributed by atoms with Crippen LogP contribution in [0.3, 0.4) is 0 Å². The molecule has 1 aliphatic heterocycles. The number of hydrogen-bond acceptors (Lipinski definition) is 3. The molecular weight excluding hydrogens is 178 g/mol. The first-order valence-corrected chi connectivity index (χ1v) is 4.81. The molecule has 0 N–H and O–H groups in total. The lowest BCUT2D eigenvalue weighted by molar-refractivity contribution is -0.128. The third-order valence-corrected chi connectivity index (χ3v) is 2.42. The highest BCUT2D eigenvalue weighted by molar-refractivity contribution is 5.79. The molecule has 1 aromatic rings. The number of nitrogens with zero attached hydrogens (tertiary/aromatic N) is 1. The van der Waals surface area contributed by atoms with E-state index in [1.807, 2.05) is 19.1 Å². The van der Waals surface area contributed by atoms with Gasteiger partial charge in [0.05, 0.1) is 12.7 Å². The van der Waals surface area contributed by atoms with E-state index < -0.39 is 0 Å². The standard InChI is InChI=1S/C11H13NO2/c1-8-2-3-9(7-12-8)11-6-10(13)4-5-14-11/h2-3,7,11H,4-6H2,1H3. The van der Waals surface area contributed by atoms with Gasteiger partial charge in [0, 0.05) is 24.7 Å². The van der Waals surface area contributed by atoms with Crippen LogP contribution in [0.25, 0.3) is 0 Å². The number of hydrogen-bond donors (Lipinski definition) is 0. The van der Waals surface area contributed by atoms with Crippen molar-refractivity contribution in [2.24, 2.45) is 0 Å². The predicted molar refractivity (Wildman–Crippen MR) is 51.9 cm³/mol. The molecule has 0 spiro atoms. The molecule has 0 aliphatic carbocycles. The van der Waals surface area contributed by atoms with Gasteiger partial charge >= 0.3 is 0 Å². The summed E-state index contributed by atoms with van der Waals surface area (Å²) >= 11 is 0. The van der Waals surface area contributed by atoms with Crippen LogP contribution in [0.5, 0.6) is 0 Å². The van der Waals surface area contributed by atoms with Crippen molar-refractivity contribution >= 4 is 5.78 Å². The molecule has 1 saturated heterocycles. The average Bonchev–Trinajstić information content (AvgIpc) is 2.19. The van der Waals surface area contributed by atoms with Crippen molar-refractivity contribution < 1.29 is 9.53 Å². The van der Waals surface area contributed by atoms with Crippen LogP contribution >= 0.6 is 0 Å². The Hall–Kier alpha value is -1.22. The van der Waals surface area contributed by atoms with Gasteiger partial charge in [-0.05, 0) is 18.6 Å². The molecule has 1 fully saturated rings. The van der Waals surface area contributed by atoms with Crippen molar-refractivity contribution in [2.75, 3.05) is 6.61 Å². The lowest BCUT2D eigenvalue weighted by Gasteiger charge is -2.21. The van der Waals surface area contributed by atoms with Crippen molar-refractivity contribution in [2.45, 2.75) is 25.9 Å². The Morgan fingerprint density at radius 2 is 2.36 bits per heavy atom. The Morgan fingerprint density at radius 3 is 3.00 bits per heavy atom. The summed E-state index contributed by atoms with van der Waals surface area (Å²) in [5.74, 6) is 0.279. The van der Waals surface area contributed by atoms with Crippen LogP contribution in [0.1, 0.15) is 30.2 Å². The van der Waals surface area contributed by atoms with Gasteiger partial charge in [0.25, 0.3) is 0 Å². The summed E-state index contributed by atoms with van der Waals surface area (Å²) in [6.45, 7) is 2.48. The van der Waals surface area contributed by atoms with Gasteiger partial charge in [-0.25, -0.2) is 0 Å². The number of ketones is 1. The monoisotopic (exact) mass is 191 g/mol. The molecule has 0 aromatic carbocycles. The molecule has 1 atom stereocenters. The van der Waals surface area contributed by atoms with Gasteiger partial charge in [0.15, 0.2) is 0 Å². The summed E-state index contributed by atoms with van der Waals surface area (Å²) in [4.78, 5) is 15.4. The van der Waals surface area contributed by atoms with Gasteiger partial charge in [-0.2, -0.15) is 0 Å². The molecule has 0 amide bonds. The maximum atomic E-state index is 11.2. The predicted octanol–water partition coefficient (Wildman–Crippen LogP) is 1.81. The summed E-state index contributed by atoms with van der Waals surface area (Å²) in [6, 6.07) is 3.92. The van der Waals surface area contributed by atoms with Crippen LogP contribution in [0.2, 0.25) is 0 Å². The first kappa shape index (κ1) is 9.34. The number of aryl methyl sites for hydroxylation is 1. The zero-order valence-electron chi connectivity index (χ0n) is 8.19. The summed E-state index contributed by atoms with van der Waals surface area (Å²) in [5, 5.41) is 0. The molecule has 0 bridgehead atoms. The molecule has 0 saturated carbocycles. The Labute approximate surface area is 83.1 Å². The summed E-state index contributed by atoms with van der Waals surface area (Å²) in [6.07, 6.45) is 2.75. The SMILES string of the molecule is Cc1ccc(C2CC(=O)CCO2)cn1. The van der Waals surface area contributed by atoms with E-state index in [1.165, 1.54) is 0 Å². The van der Waals surface area contributed by atoms with Crippen molar-refractivity contribution in [3.8, 4) is 0 Å². The highest BCUT2D eigenvalue weighted by atomic mass is 16.5. The normalized spacial score (nSPS) is 22.4. The zero-order valence-corrected chi connectivity index (χ0v) is 8.19. The number of carbonyl (C=O) groups excluding carboxylic acids is 1. The molecule has 1 unspecified atom stereocenters. The van der Waals surface area contributed by atoms with E-state index in [4.69, 9.17) is 4.74 Å². The quantitative estimate of drug-likeness (QED) is 0.679. The fraction of sp³-hybridized carbons (Fsp3) is 0.455. The zero-order chi connectivity index (χ0) is 9.97. The van der Waals surface area contributed by atoms with Crippen molar-refractivity contribution in [1.29, 1.82) is 0 Å². The van der Waals surface area contributed by atoms with E-state index in [9.17, 15) is 4.79 Å². The minimum absolute atomic E-state index is 0.0793. The van der Waals surface area contributed by atoms with Gasteiger partial charge in [-0.1, -0.05) is 6.07 Å². The second-order valence-electron chi connectivity index (χ2n) is 3.59. The topological polar surface area (TPSA) is 39.2 Å². The number of pyridine rings is 1. The summed E-state index contributed by atoms with van der Waals surface area (Å²) < 4.78 is 5.51. The second-order valence-corrected chi connectivity index (χ2v) is 3.59. The summed E-state index contributed by atoms with van der Waals surface area (Å²) in [7, 11) is 0. The first-order valence-electron chi connectivity index (χ1n) is 4.81. The van der Waals surface area contributed by atoms with E-state index in [0.717, 1.165) is 11.3 Å². The molecule has 74 valence electrons. The Morgan fingerprint density at radius 1 is 1.50 bits per heavy atom. The first-order chi connectivity index (χ1) is 6.75. The average molecular weight is 191 g/mol. The van der Waals surface area contributed by atoms with Gasteiger partial charge in [-0.15, -0.1) is 0 Å². The van der Waals surface area contributed by atoms with E-state index in [-0.39, 0.29) is 11.9 Å². The van der Waals surface area contributed by atoms with Gasteiger partial charge in [0.2, 0.25) is 0 Å².